The molecule has 2 amide bonds. The molecule has 1 heterocycles. The van der Waals surface area contributed by atoms with Crippen molar-refractivity contribution in [1.29, 1.82) is 0 Å². The Hall–Kier alpha value is -1.83. The van der Waals surface area contributed by atoms with Crippen molar-refractivity contribution in [2.75, 3.05) is 11.5 Å². The van der Waals surface area contributed by atoms with Crippen molar-refractivity contribution >= 4 is 29.1 Å². The molecule has 1 saturated heterocycles. The molecule has 21 heavy (non-hydrogen) atoms. The van der Waals surface area contributed by atoms with Gasteiger partial charge < -0.3 is 5.11 Å². The van der Waals surface area contributed by atoms with Gasteiger partial charge in [-0.2, -0.15) is 0 Å². The van der Waals surface area contributed by atoms with Crippen LogP contribution in [0.25, 0.3) is 0 Å². The first-order valence-corrected chi connectivity index (χ1v) is 7.01. The Morgan fingerprint density at radius 2 is 2.10 bits per heavy atom. The van der Waals surface area contributed by atoms with Crippen molar-refractivity contribution < 1.29 is 14.7 Å². The number of amides is 2. The van der Waals surface area contributed by atoms with E-state index in [1.54, 1.807) is 32.0 Å². The normalized spacial score (nSPS) is 16.9. The van der Waals surface area contributed by atoms with E-state index in [0.717, 1.165) is 4.90 Å². The molecule has 1 fully saturated rings. The van der Waals surface area contributed by atoms with Crippen LogP contribution in [0.1, 0.15) is 32.3 Å². The van der Waals surface area contributed by atoms with Gasteiger partial charge in [-0.1, -0.05) is 37.3 Å². The Balaban J connectivity index is 2.40. The van der Waals surface area contributed by atoms with Crippen LogP contribution in [0.2, 0.25) is 5.02 Å². The highest BCUT2D eigenvalue weighted by atomic mass is 35.5. The fraction of sp³-hybridized carbons (Fsp3) is 0.375. The third-order valence-corrected chi connectivity index (χ3v) is 3.60. The Kier molecular flexibility index (Phi) is 4.36. The Bertz CT molecular complexity index is 655. The van der Waals surface area contributed by atoms with E-state index in [-0.39, 0.29) is 24.8 Å². The zero-order chi connectivity index (χ0) is 15.6. The van der Waals surface area contributed by atoms with Crippen LogP contribution in [0.15, 0.2) is 18.2 Å². The molecule has 0 atom stereocenters. The predicted molar refractivity (Wildman–Crippen MR) is 80.9 cm³/mol. The lowest BCUT2D eigenvalue weighted by Crippen LogP contribution is -2.33. The first kappa shape index (κ1) is 15.6. The number of rotatable bonds is 2. The number of benzene rings is 1. The summed E-state index contributed by atoms with van der Waals surface area (Å²) in [6, 6.07) is 4.96. The number of halogens is 1. The molecule has 0 aliphatic carbocycles. The number of carbonyl (C=O) groups is 2. The fourth-order valence-corrected chi connectivity index (χ4v) is 2.38. The third-order valence-electron chi connectivity index (χ3n) is 3.28. The maximum absolute atomic E-state index is 12.3. The summed E-state index contributed by atoms with van der Waals surface area (Å²) in [6.45, 7) is 3.48. The van der Waals surface area contributed by atoms with Gasteiger partial charge in [-0.15, -0.1) is 0 Å². The van der Waals surface area contributed by atoms with Gasteiger partial charge in [-0.3, -0.25) is 9.59 Å². The molecule has 0 spiro atoms. The number of imide groups is 1. The van der Waals surface area contributed by atoms with E-state index < -0.39 is 5.41 Å². The highest BCUT2D eigenvalue weighted by Crippen LogP contribution is 2.38. The smallest absolute Gasteiger partial charge is 0.239 e. The van der Waals surface area contributed by atoms with Crippen LogP contribution in [0.5, 0.6) is 0 Å². The van der Waals surface area contributed by atoms with Gasteiger partial charge >= 0.3 is 0 Å². The second kappa shape index (κ2) is 5.88. The summed E-state index contributed by atoms with van der Waals surface area (Å²) in [4.78, 5) is 25.6. The third kappa shape index (κ3) is 3.10. The molecule has 1 N–H and O–H groups in total. The van der Waals surface area contributed by atoms with Crippen LogP contribution in [0.3, 0.4) is 0 Å². The quantitative estimate of drug-likeness (QED) is 0.674. The molecule has 1 aliphatic rings. The van der Waals surface area contributed by atoms with Crippen LogP contribution in [0, 0.1) is 17.3 Å². The second-order valence-electron chi connectivity index (χ2n) is 5.54. The molecule has 1 aromatic carbocycles. The van der Waals surface area contributed by atoms with E-state index in [4.69, 9.17) is 16.7 Å². The van der Waals surface area contributed by atoms with Crippen LogP contribution < -0.4 is 4.90 Å². The zero-order valence-electron chi connectivity index (χ0n) is 11.9. The summed E-state index contributed by atoms with van der Waals surface area (Å²) in [5.41, 5.74) is 0.306. The van der Waals surface area contributed by atoms with Crippen molar-refractivity contribution in [3.05, 3.63) is 28.8 Å². The lowest BCUT2D eigenvalue weighted by atomic mass is 9.92. The number of aliphatic hydroxyl groups excluding tert-OH is 1. The monoisotopic (exact) mass is 305 g/mol. The predicted octanol–water partition coefficient (Wildman–Crippen LogP) is 2.36. The lowest BCUT2D eigenvalue weighted by Gasteiger charge is -2.19. The summed E-state index contributed by atoms with van der Waals surface area (Å²) in [5.74, 6) is 5.15. The van der Waals surface area contributed by atoms with Crippen LogP contribution in [0.4, 0.5) is 5.69 Å². The van der Waals surface area contributed by atoms with Gasteiger partial charge in [0.05, 0.1) is 22.7 Å². The Morgan fingerprint density at radius 3 is 2.67 bits per heavy atom. The number of carbonyl (C=O) groups excluding carboxylic acids is 2. The SMILES string of the molecule is CC1(C)CC(=O)N(c2cc(C#CCCO)ccc2Cl)C1=O. The molecule has 1 aliphatic heterocycles. The van der Waals surface area contributed by atoms with Gasteiger partial charge in [0.25, 0.3) is 0 Å². The first-order chi connectivity index (χ1) is 9.86. The first-order valence-electron chi connectivity index (χ1n) is 6.63. The molecule has 5 heteroatoms. The minimum atomic E-state index is -0.709. The van der Waals surface area contributed by atoms with Gasteiger partial charge in [0.2, 0.25) is 11.8 Å². The summed E-state index contributed by atoms with van der Waals surface area (Å²) in [6.07, 6.45) is 0.537. The summed E-state index contributed by atoms with van der Waals surface area (Å²) in [5, 5.41) is 9.06. The lowest BCUT2D eigenvalue weighted by molar-refractivity contribution is -0.124. The number of hydrogen-bond acceptors (Lipinski definition) is 3. The summed E-state index contributed by atoms with van der Waals surface area (Å²) in [7, 11) is 0. The molecule has 0 saturated carbocycles. The van der Waals surface area contributed by atoms with Crippen molar-refractivity contribution in [1.82, 2.24) is 0 Å². The van der Waals surface area contributed by atoms with E-state index >= 15 is 0 Å². The topological polar surface area (TPSA) is 57.6 Å². The average Bonchev–Trinajstić information content (AvgIpc) is 2.61. The van der Waals surface area contributed by atoms with Crippen molar-refractivity contribution in [3.8, 4) is 11.8 Å². The Morgan fingerprint density at radius 1 is 1.38 bits per heavy atom. The van der Waals surface area contributed by atoms with Gasteiger partial charge in [0, 0.05) is 18.4 Å². The number of hydrogen-bond donors (Lipinski definition) is 1. The summed E-state index contributed by atoms with van der Waals surface area (Å²) < 4.78 is 0. The van der Waals surface area contributed by atoms with Gasteiger partial charge in [-0.25, -0.2) is 4.90 Å². The van der Waals surface area contributed by atoms with Crippen molar-refractivity contribution in [2.24, 2.45) is 5.41 Å². The molecular weight excluding hydrogens is 290 g/mol. The summed E-state index contributed by atoms with van der Waals surface area (Å²) >= 11 is 6.13. The molecule has 1 aromatic rings. The maximum atomic E-state index is 12.3. The molecule has 0 bridgehead atoms. The fourth-order valence-electron chi connectivity index (χ4n) is 2.17. The number of anilines is 1. The highest BCUT2D eigenvalue weighted by Gasteiger charge is 2.46. The van der Waals surface area contributed by atoms with Crippen LogP contribution >= 0.6 is 11.6 Å². The van der Waals surface area contributed by atoms with Crippen LogP contribution in [-0.2, 0) is 9.59 Å². The minimum absolute atomic E-state index is 0.00919. The van der Waals surface area contributed by atoms with Crippen molar-refractivity contribution in [3.63, 3.8) is 0 Å². The molecule has 2 rings (SSSR count). The minimum Gasteiger partial charge on any atom is -0.395 e. The largest absolute Gasteiger partial charge is 0.395 e. The number of aliphatic hydroxyl groups is 1. The van der Waals surface area contributed by atoms with Gasteiger partial charge in [0.15, 0.2) is 0 Å². The van der Waals surface area contributed by atoms with Gasteiger partial charge in [-0.05, 0) is 18.2 Å². The van der Waals surface area contributed by atoms with Gasteiger partial charge in [0.1, 0.15) is 0 Å². The number of nitrogens with zero attached hydrogens (tertiary/aromatic N) is 1. The second-order valence-corrected chi connectivity index (χ2v) is 5.94. The van der Waals surface area contributed by atoms with E-state index in [2.05, 4.69) is 11.8 Å². The maximum Gasteiger partial charge on any atom is 0.239 e. The molecule has 0 unspecified atom stereocenters. The van der Waals surface area contributed by atoms with E-state index in [1.807, 2.05) is 0 Å². The molecule has 0 radical (unpaired) electrons. The average molecular weight is 306 g/mol. The standard InChI is InChI=1S/C16H16ClNO3/c1-16(2)10-14(20)18(15(16)21)13-9-11(5-3-4-8-19)6-7-12(13)17/h6-7,9,19H,4,8,10H2,1-2H3. The molecular formula is C16H16ClNO3. The van der Waals surface area contributed by atoms with E-state index in [0.29, 0.717) is 22.7 Å². The Labute approximate surface area is 128 Å². The molecule has 0 aromatic heterocycles. The zero-order valence-corrected chi connectivity index (χ0v) is 12.7. The molecule has 4 nitrogen and oxygen atoms in total. The van der Waals surface area contributed by atoms with E-state index in [9.17, 15) is 9.59 Å². The van der Waals surface area contributed by atoms with Crippen molar-refractivity contribution in [2.45, 2.75) is 26.7 Å². The molecule has 110 valence electrons. The van der Waals surface area contributed by atoms with Crippen LogP contribution in [-0.4, -0.2) is 23.5 Å². The highest BCUT2D eigenvalue weighted by molar-refractivity contribution is 6.36. The van der Waals surface area contributed by atoms with E-state index in [1.165, 1.54) is 0 Å².